The molecule has 0 radical (unpaired) electrons. The standard InChI is InChI=1S/C14H22/c1-10-13(2,3)11-8-6-7-9-12(11)14(10,4)5/h6-7,10H,8-9H2,1-5H3. The third-order valence-corrected chi connectivity index (χ3v) is 4.90. The zero-order valence-electron chi connectivity index (χ0n) is 10.1. The fraction of sp³-hybridized carbons (Fsp3) is 0.714. The lowest BCUT2D eigenvalue weighted by Crippen LogP contribution is -2.27. The number of allylic oxidation sites excluding steroid dienone is 4. The zero-order valence-corrected chi connectivity index (χ0v) is 10.1. The molecule has 0 aliphatic heterocycles. The number of hydrogen-bond acceptors (Lipinski definition) is 0. The van der Waals surface area contributed by atoms with E-state index in [2.05, 4.69) is 46.8 Å². The highest BCUT2D eigenvalue weighted by Gasteiger charge is 2.49. The maximum absolute atomic E-state index is 2.42. The molecule has 0 unspecified atom stereocenters. The van der Waals surface area contributed by atoms with Crippen molar-refractivity contribution in [2.45, 2.75) is 47.5 Å². The van der Waals surface area contributed by atoms with Crippen LogP contribution in [-0.2, 0) is 0 Å². The van der Waals surface area contributed by atoms with Crippen LogP contribution in [0.1, 0.15) is 47.5 Å². The van der Waals surface area contributed by atoms with Gasteiger partial charge in [0.2, 0.25) is 0 Å². The highest BCUT2D eigenvalue weighted by molar-refractivity contribution is 5.39. The van der Waals surface area contributed by atoms with Gasteiger partial charge in [-0.1, -0.05) is 57.9 Å². The molecule has 0 spiro atoms. The van der Waals surface area contributed by atoms with Crippen molar-refractivity contribution in [3.05, 3.63) is 23.3 Å². The molecule has 0 aromatic heterocycles. The number of rotatable bonds is 0. The van der Waals surface area contributed by atoms with Gasteiger partial charge < -0.3 is 0 Å². The van der Waals surface area contributed by atoms with Gasteiger partial charge in [0.15, 0.2) is 0 Å². The average molecular weight is 190 g/mol. The van der Waals surface area contributed by atoms with Gasteiger partial charge in [0.05, 0.1) is 0 Å². The van der Waals surface area contributed by atoms with Gasteiger partial charge in [-0.2, -0.15) is 0 Å². The Morgan fingerprint density at radius 3 is 1.64 bits per heavy atom. The molecule has 0 bridgehead atoms. The van der Waals surface area contributed by atoms with Crippen molar-refractivity contribution in [3.63, 3.8) is 0 Å². The monoisotopic (exact) mass is 190 g/mol. The summed E-state index contributed by atoms with van der Waals surface area (Å²) in [5.41, 5.74) is 4.25. The van der Waals surface area contributed by atoms with E-state index in [1.54, 1.807) is 11.1 Å². The lowest BCUT2D eigenvalue weighted by molar-refractivity contribution is 0.188. The normalized spacial score (nSPS) is 29.5. The van der Waals surface area contributed by atoms with E-state index < -0.39 is 0 Å². The first-order chi connectivity index (χ1) is 6.38. The summed E-state index contributed by atoms with van der Waals surface area (Å²) in [6.07, 6.45) is 7.07. The van der Waals surface area contributed by atoms with Crippen LogP contribution >= 0.6 is 0 Å². The fourth-order valence-corrected chi connectivity index (χ4v) is 3.38. The molecule has 0 N–H and O–H groups in total. The zero-order chi connectivity index (χ0) is 10.6. The second-order valence-corrected chi connectivity index (χ2v) is 6.00. The molecule has 0 aromatic carbocycles. The Labute approximate surface area is 88.1 Å². The van der Waals surface area contributed by atoms with E-state index in [1.807, 2.05) is 0 Å². The third-order valence-electron chi connectivity index (χ3n) is 4.90. The summed E-state index contributed by atoms with van der Waals surface area (Å²) in [5.74, 6) is 0.764. The molecule has 0 heteroatoms. The van der Waals surface area contributed by atoms with Crippen LogP contribution in [0.25, 0.3) is 0 Å². The van der Waals surface area contributed by atoms with Gasteiger partial charge in [-0.3, -0.25) is 0 Å². The SMILES string of the molecule is CC1C(C)(C)C2=C(CC=CC2)C1(C)C. The van der Waals surface area contributed by atoms with Crippen LogP contribution in [0.5, 0.6) is 0 Å². The summed E-state index contributed by atoms with van der Waals surface area (Å²) in [4.78, 5) is 0. The van der Waals surface area contributed by atoms with Crippen LogP contribution < -0.4 is 0 Å². The number of hydrogen-bond donors (Lipinski definition) is 0. The maximum atomic E-state index is 2.42. The van der Waals surface area contributed by atoms with Gasteiger partial charge in [0.25, 0.3) is 0 Å². The van der Waals surface area contributed by atoms with Gasteiger partial charge in [-0.25, -0.2) is 0 Å². The molecule has 0 nitrogen and oxygen atoms in total. The van der Waals surface area contributed by atoms with Gasteiger partial charge in [-0.15, -0.1) is 0 Å². The topological polar surface area (TPSA) is 0 Å². The van der Waals surface area contributed by atoms with Gasteiger partial charge in [0.1, 0.15) is 0 Å². The maximum Gasteiger partial charge on any atom is -0.0105 e. The Kier molecular flexibility index (Phi) is 1.96. The van der Waals surface area contributed by atoms with Crippen molar-refractivity contribution in [2.75, 3.05) is 0 Å². The van der Waals surface area contributed by atoms with Crippen molar-refractivity contribution in [2.24, 2.45) is 16.7 Å². The minimum atomic E-state index is 0.406. The first-order valence-electron chi connectivity index (χ1n) is 5.76. The first kappa shape index (κ1) is 10.0. The minimum Gasteiger partial charge on any atom is -0.0841 e. The van der Waals surface area contributed by atoms with Crippen molar-refractivity contribution < 1.29 is 0 Å². The minimum absolute atomic E-state index is 0.406. The van der Waals surface area contributed by atoms with E-state index >= 15 is 0 Å². The first-order valence-corrected chi connectivity index (χ1v) is 5.76. The molecule has 2 rings (SSSR count). The quantitative estimate of drug-likeness (QED) is 0.499. The highest BCUT2D eigenvalue weighted by Crippen LogP contribution is 2.59. The van der Waals surface area contributed by atoms with E-state index in [0.29, 0.717) is 10.8 Å². The molecular formula is C14H22. The second kappa shape index (κ2) is 2.74. The molecule has 2 aliphatic carbocycles. The molecule has 0 amide bonds. The summed E-state index contributed by atoms with van der Waals surface area (Å²) in [5, 5.41) is 0. The summed E-state index contributed by atoms with van der Waals surface area (Å²) in [7, 11) is 0. The summed E-state index contributed by atoms with van der Waals surface area (Å²) >= 11 is 0. The van der Waals surface area contributed by atoms with E-state index in [-0.39, 0.29) is 0 Å². The molecule has 0 saturated carbocycles. The molecule has 78 valence electrons. The van der Waals surface area contributed by atoms with Crippen LogP contribution in [0.2, 0.25) is 0 Å². The summed E-state index contributed by atoms with van der Waals surface area (Å²) in [6.45, 7) is 12.1. The van der Waals surface area contributed by atoms with Crippen LogP contribution in [0.15, 0.2) is 23.3 Å². The van der Waals surface area contributed by atoms with E-state index in [1.165, 1.54) is 12.8 Å². The lowest BCUT2D eigenvalue weighted by Gasteiger charge is -2.35. The predicted molar refractivity (Wildman–Crippen MR) is 62.1 cm³/mol. The molecule has 0 aromatic rings. The molecule has 0 fully saturated rings. The van der Waals surface area contributed by atoms with Crippen molar-refractivity contribution in [3.8, 4) is 0 Å². The molecule has 2 aliphatic rings. The Morgan fingerprint density at radius 1 is 0.929 bits per heavy atom. The Bertz CT molecular complexity index is 283. The van der Waals surface area contributed by atoms with Crippen molar-refractivity contribution in [1.82, 2.24) is 0 Å². The smallest absolute Gasteiger partial charge is 0.0105 e. The van der Waals surface area contributed by atoms with E-state index in [4.69, 9.17) is 0 Å². The second-order valence-electron chi connectivity index (χ2n) is 6.00. The fourth-order valence-electron chi connectivity index (χ4n) is 3.38. The molecule has 14 heavy (non-hydrogen) atoms. The van der Waals surface area contributed by atoms with E-state index in [9.17, 15) is 0 Å². The van der Waals surface area contributed by atoms with Crippen molar-refractivity contribution in [1.29, 1.82) is 0 Å². The predicted octanol–water partition coefficient (Wildman–Crippen LogP) is 4.34. The third kappa shape index (κ3) is 1.06. The van der Waals surface area contributed by atoms with Crippen LogP contribution in [0.4, 0.5) is 0 Å². The Hall–Kier alpha value is -0.520. The molecule has 0 saturated heterocycles. The van der Waals surface area contributed by atoms with Crippen LogP contribution in [0.3, 0.4) is 0 Å². The largest absolute Gasteiger partial charge is 0.0841 e. The van der Waals surface area contributed by atoms with Crippen LogP contribution in [-0.4, -0.2) is 0 Å². The van der Waals surface area contributed by atoms with E-state index in [0.717, 1.165) is 5.92 Å². The van der Waals surface area contributed by atoms with Crippen LogP contribution in [0, 0.1) is 16.7 Å². The molecule has 0 atom stereocenters. The summed E-state index contributed by atoms with van der Waals surface area (Å²) in [6, 6.07) is 0. The lowest BCUT2D eigenvalue weighted by atomic mass is 9.69. The van der Waals surface area contributed by atoms with Gasteiger partial charge in [0, 0.05) is 0 Å². The highest BCUT2D eigenvalue weighted by atomic mass is 14.5. The Morgan fingerprint density at radius 2 is 1.29 bits per heavy atom. The molecule has 0 heterocycles. The van der Waals surface area contributed by atoms with Crippen molar-refractivity contribution >= 4 is 0 Å². The Balaban J connectivity index is 2.50. The van der Waals surface area contributed by atoms with Gasteiger partial charge >= 0.3 is 0 Å². The average Bonchev–Trinajstić information content (AvgIpc) is 2.28. The summed E-state index contributed by atoms with van der Waals surface area (Å²) < 4.78 is 0. The molecular weight excluding hydrogens is 168 g/mol. The van der Waals surface area contributed by atoms with Gasteiger partial charge in [-0.05, 0) is 29.6 Å².